The molecule has 1 aromatic heterocycles. The normalized spacial score (nSPS) is 15.1. The van der Waals surface area contributed by atoms with Gasteiger partial charge in [-0.3, -0.25) is 0 Å². The summed E-state index contributed by atoms with van der Waals surface area (Å²) in [5, 5.41) is 7.65. The van der Waals surface area contributed by atoms with E-state index >= 15 is 0 Å². The topological polar surface area (TPSA) is 4.93 Å². The fourth-order valence-electron chi connectivity index (χ4n) is 10.7. The van der Waals surface area contributed by atoms with E-state index < -0.39 is 0 Å². The molecule has 0 saturated heterocycles. The van der Waals surface area contributed by atoms with Gasteiger partial charge in [0, 0.05) is 28.3 Å². The maximum atomic E-state index is 2.50. The Hall–Kier alpha value is -7.48. The third-order valence-electron chi connectivity index (χ3n) is 13.3. The lowest BCUT2D eigenvalue weighted by atomic mass is 9.86. The lowest BCUT2D eigenvalue weighted by Gasteiger charge is -2.17. The molecule has 0 N–H and O–H groups in total. The maximum Gasteiger partial charge on any atom is 0.0544 e. The molecular weight excluding hydrogens is 711 g/mol. The van der Waals surface area contributed by atoms with Gasteiger partial charge in [-0.2, -0.15) is 0 Å². The quantitative estimate of drug-likeness (QED) is 0.169. The molecule has 0 bridgehead atoms. The lowest BCUT2D eigenvalue weighted by molar-refractivity contribution is 1.01. The highest BCUT2D eigenvalue weighted by Crippen LogP contribution is 2.52. The van der Waals surface area contributed by atoms with Crippen LogP contribution in [0.5, 0.6) is 0 Å². The predicted octanol–water partition coefficient (Wildman–Crippen LogP) is 15.1. The Morgan fingerprint density at radius 2 is 0.898 bits per heavy atom. The molecule has 1 heteroatoms. The zero-order chi connectivity index (χ0) is 38.6. The first kappa shape index (κ1) is 32.6. The van der Waals surface area contributed by atoms with Crippen LogP contribution in [-0.2, 0) is 0 Å². The smallest absolute Gasteiger partial charge is 0.0544 e. The molecule has 0 saturated carbocycles. The van der Waals surface area contributed by atoms with Crippen LogP contribution in [0, 0.1) is 0 Å². The van der Waals surface area contributed by atoms with Crippen LogP contribution < -0.4 is 0 Å². The van der Waals surface area contributed by atoms with Crippen molar-refractivity contribution in [2.24, 2.45) is 0 Å². The van der Waals surface area contributed by atoms with E-state index in [0.29, 0.717) is 0 Å². The number of nitrogens with zero attached hydrogens (tertiary/aromatic N) is 1. The minimum absolute atomic E-state index is 0.178. The summed E-state index contributed by atoms with van der Waals surface area (Å²) in [5.74, 6) is 0.367. The highest BCUT2D eigenvalue weighted by Gasteiger charge is 2.33. The second-order valence-corrected chi connectivity index (χ2v) is 16.4. The van der Waals surface area contributed by atoms with Gasteiger partial charge in [0.15, 0.2) is 0 Å². The summed E-state index contributed by atoms with van der Waals surface area (Å²) in [7, 11) is 0. The van der Waals surface area contributed by atoms with Gasteiger partial charge in [0.2, 0.25) is 0 Å². The van der Waals surface area contributed by atoms with E-state index in [0.717, 1.165) is 0 Å². The van der Waals surface area contributed by atoms with Crippen molar-refractivity contribution in [2.75, 3.05) is 0 Å². The molecule has 0 radical (unpaired) electrons. The average molecular weight is 748 g/mol. The molecule has 59 heavy (non-hydrogen) atoms. The van der Waals surface area contributed by atoms with Crippen molar-refractivity contribution >= 4 is 43.4 Å². The summed E-state index contributed by atoms with van der Waals surface area (Å²) in [6, 6.07) is 79.5. The molecule has 2 aliphatic carbocycles. The van der Waals surface area contributed by atoms with Crippen LogP contribution in [0.1, 0.15) is 45.2 Å². The van der Waals surface area contributed by atoms with Crippen LogP contribution >= 0.6 is 0 Å². The zero-order valence-electron chi connectivity index (χ0n) is 32.3. The fraction of sp³-hybridized carbons (Fsp3) is 0.0345. The van der Waals surface area contributed by atoms with Gasteiger partial charge in [-0.05, 0) is 131 Å². The molecule has 2 unspecified atom stereocenters. The van der Waals surface area contributed by atoms with Gasteiger partial charge in [-0.15, -0.1) is 0 Å². The van der Waals surface area contributed by atoms with Gasteiger partial charge in [0.1, 0.15) is 0 Å². The minimum atomic E-state index is 0.178. The van der Waals surface area contributed by atoms with E-state index in [9.17, 15) is 0 Å². The molecule has 1 nitrogen and oxygen atoms in total. The van der Waals surface area contributed by atoms with Crippen molar-refractivity contribution in [3.05, 3.63) is 246 Å². The molecule has 0 amide bonds. The number of fused-ring (bicyclic) bond motifs is 11. The first-order chi connectivity index (χ1) is 29.3. The molecule has 0 aliphatic heterocycles. The SMILES string of the molecule is c1ccc(C2c3ccccc3-c3cc4c5cc(-c6ccc7c(c6)-c6ccccc6C7c6cccc7ccccc67)ccc5n(-c5ccc6ccccc6c5)c4cc32)cc1. The summed E-state index contributed by atoms with van der Waals surface area (Å²) in [6.07, 6.45) is 0. The first-order valence-electron chi connectivity index (χ1n) is 20.7. The Balaban J connectivity index is 1.03. The van der Waals surface area contributed by atoms with Crippen LogP contribution in [0.3, 0.4) is 0 Å². The third-order valence-corrected chi connectivity index (χ3v) is 13.3. The molecule has 2 atom stereocenters. The van der Waals surface area contributed by atoms with E-state index in [1.165, 1.54) is 116 Å². The van der Waals surface area contributed by atoms with Gasteiger partial charge >= 0.3 is 0 Å². The fourth-order valence-corrected chi connectivity index (χ4v) is 10.7. The molecule has 0 fully saturated rings. The second kappa shape index (κ2) is 12.5. The number of aromatic nitrogens is 1. The first-order valence-corrected chi connectivity index (χ1v) is 20.7. The summed E-state index contributed by atoms with van der Waals surface area (Å²) >= 11 is 0. The van der Waals surface area contributed by atoms with Crippen molar-refractivity contribution < 1.29 is 0 Å². The average Bonchev–Trinajstić information content (AvgIpc) is 3.92. The monoisotopic (exact) mass is 747 g/mol. The van der Waals surface area contributed by atoms with E-state index in [2.05, 4.69) is 217 Å². The van der Waals surface area contributed by atoms with E-state index in [-0.39, 0.29) is 11.8 Å². The summed E-state index contributed by atoms with van der Waals surface area (Å²) in [6.45, 7) is 0. The van der Waals surface area contributed by atoms with E-state index in [4.69, 9.17) is 0 Å². The standard InChI is InChI=1S/C58H37N/c1-2-15-38(16-3-1)57-47-22-10-8-20-44(47)51-34-53-52-33-41(27-30-55(52)59(56(53)35-54(51)57)42-28-25-36-13-4-5-17-39(36)31-42)40-26-29-49-50(32-40)45-21-9-11-23-48(45)58(49)46-24-12-18-37-14-6-7-19-43(37)46/h1-35,57-58H. The van der Waals surface area contributed by atoms with Gasteiger partial charge in [-0.1, -0.05) is 170 Å². The number of benzene rings is 10. The van der Waals surface area contributed by atoms with E-state index in [1.54, 1.807) is 0 Å². The Kier molecular flexibility index (Phi) is 6.91. The van der Waals surface area contributed by atoms with Crippen LogP contribution in [-0.4, -0.2) is 4.57 Å². The maximum absolute atomic E-state index is 2.50. The molecule has 274 valence electrons. The van der Waals surface area contributed by atoms with Crippen molar-refractivity contribution in [2.45, 2.75) is 11.8 Å². The summed E-state index contributed by atoms with van der Waals surface area (Å²) in [5.41, 5.74) is 19.6. The van der Waals surface area contributed by atoms with Gasteiger partial charge < -0.3 is 4.57 Å². The highest BCUT2D eigenvalue weighted by molar-refractivity contribution is 6.13. The van der Waals surface area contributed by atoms with Gasteiger partial charge in [-0.25, -0.2) is 0 Å². The largest absolute Gasteiger partial charge is 0.309 e. The molecular formula is C58H37N. The minimum Gasteiger partial charge on any atom is -0.309 e. The number of hydrogen-bond donors (Lipinski definition) is 0. The van der Waals surface area contributed by atoms with Crippen LogP contribution in [0.2, 0.25) is 0 Å². The van der Waals surface area contributed by atoms with E-state index in [1.807, 2.05) is 0 Å². The van der Waals surface area contributed by atoms with Gasteiger partial charge in [0.05, 0.1) is 11.0 Å². The molecule has 13 rings (SSSR count). The van der Waals surface area contributed by atoms with Crippen LogP contribution in [0.15, 0.2) is 212 Å². The zero-order valence-corrected chi connectivity index (χ0v) is 32.3. The Morgan fingerprint density at radius 3 is 1.75 bits per heavy atom. The summed E-state index contributed by atoms with van der Waals surface area (Å²) in [4.78, 5) is 0. The molecule has 2 aliphatic rings. The second-order valence-electron chi connectivity index (χ2n) is 16.4. The van der Waals surface area contributed by atoms with Crippen LogP contribution in [0.25, 0.3) is 82.4 Å². The van der Waals surface area contributed by atoms with Gasteiger partial charge in [0.25, 0.3) is 0 Å². The predicted molar refractivity (Wildman–Crippen MR) is 247 cm³/mol. The van der Waals surface area contributed by atoms with Crippen molar-refractivity contribution in [3.63, 3.8) is 0 Å². The van der Waals surface area contributed by atoms with Crippen molar-refractivity contribution in [3.8, 4) is 39.1 Å². The van der Waals surface area contributed by atoms with Crippen LogP contribution in [0.4, 0.5) is 0 Å². The lowest BCUT2D eigenvalue weighted by Crippen LogP contribution is -2.00. The molecule has 1 heterocycles. The third kappa shape index (κ3) is 4.79. The highest BCUT2D eigenvalue weighted by atomic mass is 15.0. The Bertz CT molecular complexity index is 3510. The Morgan fingerprint density at radius 1 is 0.288 bits per heavy atom. The van der Waals surface area contributed by atoms with Crippen molar-refractivity contribution in [1.29, 1.82) is 0 Å². The number of rotatable bonds is 4. The Labute approximate surface area is 343 Å². The molecule has 11 aromatic rings. The number of hydrogen-bond acceptors (Lipinski definition) is 0. The molecule has 0 spiro atoms. The molecule has 10 aromatic carbocycles. The summed E-state index contributed by atoms with van der Waals surface area (Å²) < 4.78 is 2.50. The van der Waals surface area contributed by atoms with Crippen molar-refractivity contribution in [1.82, 2.24) is 4.57 Å².